The van der Waals surface area contributed by atoms with Crippen molar-refractivity contribution in [2.75, 3.05) is 13.1 Å². The lowest BCUT2D eigenvalue weighted by molar-refractivity contribution is -0.519. The zero-order valence-electron chi connectivity index (χ0n) is 20.3. The minimum absolute atomic E-state index is 1.03. The first-order valence-electron chi connectivity index (χ1n) is 11.8. The summed E-state index contributed by atoms with van der Waals surface area (Å²) in [7, 11) is -6.00. The van der Waals surface area contributed by atoms with E-state index in [0.717, 1.165) is 13.1 Å². The van der Waals surface area contributed by atoms with E-state index in [-0.39, 0.29) is 0 Å². The van der Waals surface area contributed by atoms with Gasteiger partial charge in [0.05, 0.1) is 0 Å². The minimum Gasteiger partial charge on any atom is -0.418 e. The molecule has 1 aliphatic heterocycles. The Morgan fingerprint density at radius 3 is 1.50 bits per heavy atom. The van der Waals surface area contributed by atoms with Gasteiger partial charge in [0, 0.05) is 22.0 Å². The van der Waals surface area contributed by atoms with Gasteiger partial charge in [-0.05, 0) is 60.4 Å². The minimum atomic E-state index is -6.00. The molecular formula is C29H28BF4NS. The standard InChI is InChI=1S/C29H28NS.BF4/c1-3-30(4-2)27-19-17-23(18-20-27)15-16-24-21-28(25-11-7-5-8-12-25)31-29(22-24)26-13-9-6-10-14-26;2-1(3,4)5/h5-22H,3-4H2,1-2H3;/q+1;-1. The van der Waals surface area contributed by atoms with Crippen LogP contribution in [0.5, 0.6) is 0 Å². The van der Waals surface area contributed by atoms with Crippen LogP contribution in [-0.4, -0.2) is 30.6 Å². The third-order valence-corrected chi connectivity index (χ3v) is 6.57. The van der Waals surface area contributed by atoms with E-state index in [1.54, 1.807) is 0 Å². The largest absolute Gasteiger partial charge is 0.673 e. The first kappa shape index (κ1) is 27.3. The van der Waals surface area contributed by atoms with E-state index in [4.69, 9.17) is 0 Å². The van der Waals surface area contributed by atoms with E-state index in [1.807, 2.05) is 11.8 Å². The highest BCUT2D eigenvalue weighted by Crippen LogP contribution is 2.43. The first-order chi connectivity index (χ1) is 17.3. The van der Waals surface area contributed by atoms with Gasteiger partial charge in [-0.25, -0.2) is 4.58 Å². The van der Waals surface area contributed by atoms with Gasteiger partial charge in [0.1, 0.15) is 13.1 Å². The highest BCUT2D eigenvalue weighted by Gasteiger charge is 2.20. The van der Waals surface area contributed by atoms with Crippen molar-refractivity contribution in [2.45, 2.75) is 13.8 Å². The molecular weight excluding hydrogens is 481 g/mol. The van der Waals surface area contributed by atoms with Gasteiger partial charge in [0.15, 0.2) is 5.71 Å². The summed E-state index contributed by atoms with van der Waals surface area (Å²) in [6.07, 6.45) is 17.8. The molecule has 4 rings (SSSR count). The maximum absolute atomic E-state index is 9.75. The average molecular weight is 509 g/mol. The van der Waals surface area contributed by atoms with Crippen LogP contribution in [0.1, 0.15) is 25.0 Å². The topological polar surface area (TPSA) is 3.01 Å². The summed E-state index contributed by atoms with van der Waals surface area (Å²) in [5, 5.41) is 0. The van der Waals surface area contributed by atoms with Crippen LogP contribution in [0.25, 0.3) is 9.81 Å². The second-order valence-corrected chi connectivity index (χ2v) is 9.03. The number of allylic oxidation sites excluding steroid dienone is 10. The summed E-state index contributed by atoms with van der Waals surface area (Å²) in [6.45, 7) is 6.45. The lowest BCUT2D eigenvalue weighted by Gasteiger charge is -2.17. The third kappa shape index (κ3) is 8.72. The zero-order chi connectivity index (χ0) is 26.0. The quantitative estimate of drug-likeness (QED) is 0.222. The molecule has 1 nitrogen and oxygen atoms in total. The third-order valence-electron chi connectivity index (χ3n) is 5.42. The second-order valence-electron chi connectivity index (χ2n) is 7.94. The van der Waals surface area contributed by atoms with Crippen LogP contribution in [0.4, 0.5) is 17.3 Å². The van der Waals surface area contributed by atoms with Gasteiger partial charge < -0.3 is 17.3 Å². The molecule has 0 aromatic heterocycles. The van der Waals surface area contributed by atoms with Gasteiger partial charge in [0.2, 0.25) is 0 Å². The molecule has 1 heterocycles. The number of halogens is 4. The Morgan fingerprint density at radius 2 is 1.08 bits per heavy atom. The zero-order valence-corrected chi connectivity index (χ0v) is 21.1. The summed E-state index contributed by atoms with van der Waals surface area (Å²) in [5.74, 6) is 0. The molecule has 0 spiro atoms. The smallest absolute Gasteiger partial charge is 0.418 e. The second kappa shape index (κ2) is 13.1. The van der Waals surface area contributed by atoms with Gasteiger partial charge in [-0.2, -0.15) is 0 Å². The van der Waals surface area contributed by atoms with Gasteiger partial charge in [-0.15, -0.1) is 0 Å². The lowest BCUT2D eigenvalue weighted by atomic mass is 10.0. The summed E-state index contributed by atoms with van der Waals surface area (Å²) in [6, 6.07) is 21.3. The average Bonchev–Trinajstić information content (AvgIpc) is 2.89. The van der Waals surface area contributed by atoms with E-state index in [1.165, 1.54) is 37.8 Å². The molecule has 2 aromatic carbocycles. The summed E-state index contributed by atoms with van der Waals surface area (Å²) in [5.41, 5.74) is 6.21. The van der Waals surface area contributed by atoms with Crippen molar-refractivity contribution < 1.29 is 21.8 Å². The predicted molar refractivity (Wildman–Crippen MR) is 147 cm³/mol. The molecule has 7 heteroatoms. The van der Waals surface area contributed by atoms with E-state index in [2.05, 4.69) is 128 Å². The molecule has 0 saturated heterocycles. The Balaban J connectivity index is 0.000000658. The molecule has 0 saturated carbocycles. The Bertz CT molecular complexity index is 1160. The normalized spacial score (nSPS) is 15.0. The Hall–Kier alpha value is -3.32. The molecule has 2 aliphatic rings. The molecule has 186 valence electrons. The van der Waals surface area contributed by atoms with Crippen molar-refractivity contribution in [3.8, 4) is 0 Å². The van der Waals surface area contributed by atoms with Crippen LogP contribution in [-0.2, 0) is 0 Å². The van der Waals surface area contributed by atoms with Crippen LogP contribution in [0, 0.1) is 0 Å². The van der Waals surface area contributed by atoms with E-state index in [9.17, 15) is 17.3 Å². The fourth-order valence-electron chi connectivity index (χ4n) is 3.68. The Labute approximate surface area is 214 Å². The monoisotopic (exact) mass is 509 g/mol. The number of nitrogens with zero attached hydrogens (tertiary/aromatic N) is 1. The lowest BCUT2D eigenvalue weighted by Crippen LogP contribution is -2.18. The molecule has 0 fully saturated rings. The van der Waals surface area contributed by atoms with E-state index in [0.29, 0.717) is 0 Å². The van der Waals surface area contributed by atoms with Crippen LogP contribution in [0.2, 0.25) is 0 Å². The van der Waals surface area contributed by atoms with Crippen molar-refractivity contribution in [3.63, 3.8) is 0 Å². The molecule has 0 atom stereocenters. The van der Waals surface area contributed by atoms with Crippen LogP contribution >= 0.6 is 11.8 Å². The number of hydrogen-bond donors (Lipinski definition) is 0. The van der Waals surface area contributed by atoms with E-state index < -0.39 is 7.25 Å². The molecule has 36 heavy (non-hydrogen) atoms. The van der Waals surface area contributed by atoms with Crippen molar-refractivity contribution in [1.29, 1.82) is 0 Å². The molecule has 0 N–H and O–H groups in total. The number of benzene rings is 2. The number of hydrogen-bond acceptors (Lipinski definition) is 1. The van der Waals surface area contributed by atoms with Crippen LogP contribution in [0.3, 0.4) is 0 Å². The fourth-order valence-corrected chi connectivity index (χ4v) is 4.82. The number of thioether (sulfide) groups is 1. The maximum atomic E-state index is 9.75. The molecule has 0 bridgehead atoms. The molecule has 1 aliphatic carbocycles. The number of rotatable bonds is 5. The fraction of sp³-hybridized carbons (Fsp3) is 0.138. The highest BCUT2D eigenvalue weighted by molar-refractivity contribution is 8.16. The maximum Gasteiger partial charge on any atom is 0.673 e. The molecule has 0 radical (unpaired) electrons. The highest BCUT2D eigenvalue weighted by atomic mass is 32.2. The summed E-state index contributed by atoms with van der Waals surface area (Å²) < 4.78 is 41.4. The van der Waals surface area contributed by atoms with Gasteiger partial charge in [-0.1, -0.05) is 84.6 Å². The van der Waals surface area contributed by atoms with Crippen LogP contribution in [0.15, 0.2) is 120 Å². The van der Waals surface area contributed by atoms with Crippen molar-refractivity contribution in [1.82, 2.24) is 0 Å². The summed E-state index contributed by atoms with van der Waals surface area (Å²) in [4.78, 5) is 2.55. The molecule has 0 amide bonds. The van der Waals surface area contributed by atoms with E-state index >= 15 is 0 Å². The van der Waals surface area contributed by atoms with Crippen LogP contribution < -0.4 is 0 Å². The summed E-state index contributed by atoms with van der Waals surface area (Å²) >= 11 is 1.84. The van der Waals surface area contributed by atoms with Gasteiger partial charge >= 0.3 is 7.25 Å². The Morgan fingerprint density at radius 1 is 0.667 bits per heavy atom. The predicted octanol–water partition coefficient (Wildman–Crippen LogP) is 8.59. The van der Waals surface area contributed by atoms with Gasteiger partial charge in [-0.3, -0.25) is 0 Å². The Kier molecular flexibility index (Phi) is 9.94. The van der Waals surface area contributed by atoms with Crippen molar-refractivity contribution >= 4 is 34.5 Å². The molecule has 0 unspecified atom stereocenters. The van der Waals surface area contributed by atoms with Gasteiger partial charge in [0.25, 0.3) is 0 Å². The van der Waals surface area contributed by atoms with Crippen molar-refractivity contribution in [3.05, 3.63) is 132 Å². The van der Waals surface area contributed by atoms with Crippen molar-refractivity contribution in [2.24, 2.45) is 0 Å². The first-order valence-corrected chi connectivity index (χ1v) is 12.6. The molecule has 2 aromatic rings. The SMILES string of the molecule is CC[N+](CC)=C1C=CC(=CC=C2C=C(c3ccccc3)SC(c3ccccc3)=C2)C=C1.F[B-](F)(F)F.